The van der Waals surface area contributed by atoms with E-state index in [1.807, 2.05) is 80.6 Å². The molecule has 1 amide bonds. The van der Waals surface area contributed by atoms with Crippen LogP contribution in [0.5, 0.6) is 11.5 Å². The van der Waals surface area contributed by atoms with Crippen LogP contribution in [0.2, 0.25) is 0 Å². The van der Waals surface area contributed by atoms with Crippen molar-refractivity contribution in [3.05, 3.63) is 93.9 Å². The van der Waals surface area contributed by atoms with Crippen molar-refractivity contribution >= 4 is 34.6 Å². The molecule has 4 rings (SSSR count). The van der Waals surface area contributed by atoms with Gasteiger partial charge in [0.1, 0.15) is 6.61 Å². The first-order valence-electron chi connectivity index (χ1n) is 10.2. The molecule has 0 aliphatic carbocycles. The summed E-state index contributed by atoms with van der Waals surface area (Å²) in [6.07, 6.45) is 1.83. The molecule has 1 N–H and O–H groups in total. The minimum Gasteiger partial charge on any atom is -0.493 e. The minimum atomic E-state index is -0.166. The number of nitrogens with one attached hydrogen (secondary N) is 1. The number of carbonyl (C=O) groups excluding carboxylic acids is 1. The Balaban J connectivity index is 1.53. The first-order chi connectivity index (χ1) is 15.5. The van der Waals surface area contributed by atoms with E-state index in [4.69, 9.17) is 9.47 Å². The molecule has 1 saturated heterocycles. The maximum Gasteiger partial charge on any atom is 0.264 e. The Bertz CT molecular complexity index is 1200. The number of amidine groups is 1. The van der Waals surface area contributed by atoms with Crippen molar-refractivity contribution in [2.45, 2.75) is 20.5 Å². The number of aliphatic imine (C=N–C) groups is 1. The molecule has 1 heterocycles. The Morgan fingerprint density at radius 1 is 1.00 bits per heavy atom. The van der Waals surface area contributed by atoms with Crippen molar-refractivity contribution in [3.63, 3.8) is 0 Å². The SMILES string of the molecule is COc1ccc(C=C2SC(=Nc3ccc(C)cc3C)NC2=O)cc1OCc1ccccc1. The van der Waals surface area contributed by atoms with Crippen LogP contribution in [0.15, 0.2) is 76.6 Å². The predicted octanol–water partition coefficient (Wildman–Crippen LogP) is 5.78. The molecule has 0 spiro atoms. The third kappa shape index (κ3) is 5.21. The number of aryl methyl sites for hydroxylation is 2. The fraction of sp³-hybridized carbons (Fsp3) is 0.154. The average molecular weight is 445 g/mol. The van der Waals surface area contributed by atoms with Gasteiger partial charge < -0.3 is 14.8 Å². The van der Waals surface area contributed by atoms with Crippen molar-refractivity contribution in [3.8, 4) is 11.5 Å². The first-order valence-corrected chi connectivity index (χ1v) is 11.0. The molecule has 0 bridgehead atoms. The third-order valence-corrected chi connectivity index (χ3v) is 5.86. The first kappa shape index (κ1) is 21.7. The Hall–Kier alpha value is -3.51. The van der Waals surface area contributed by atoms with E-state index in [9.17, 15) is 4.79 Å². The van der Waals surface area contributed by atoms with Crippen LogP contribution in [0, 0.1) is 13.8 Å². The van der Waals surface area contributed by atoms with Gasteiger partial charge in [-0.1, -0.05) is 54.1 Å². The summed E-state index contributed by atoms with van der Waals surface area (Å²) in [6.45, 7) is 4.49. The zero-order chi connectivity index (χ0) is 22.5. The molecular formula is C26H24N2O3S. The molecule has 1 aliphatic heterocycles. The number of rotatable bonds is 6. The molecule has 32 heavy (non-hydrogen) atoms. The smallest absolute Gasteiger partial charge is 0.264 e. The molecule has 0 saturated carbocycles. The highest BCUT2D eigenvalue weighted by atomic mass is 32.2. The minimum absolute atomic E-state index is 0.166. The summed E-state index contributed by atoms with van der Waals surface area (Å²) < 4.78 is 11.4. The van der Waals surface area contributed by atoms with Crippen LogP contribution in [0.3, 0.4) is 0 Å². The number of ether oxygens (including phenoxy) is 2. The quantitative estimate of drug-likeness (QED) is 0.490. The second-order valence-corrected chi connectivity index (χ2v) is 8.49. The molecule has 6 heteroatoms. The molecular weight excluding hydrogens is 420 g/mol. The molecule has 1 aliphatic rings. The number of benzene rings is 3. The largest absolute Gasteiger partial charge is 0.493 e. The number of hydrogen-bond donors (Lipinski definition) is 1. The zero-order valence-corrected chi connectivity index (χ0v) is 19.0. The summed E-state index contributed by atoms with van der Waals surface area (Å²) in [5.74, 6) is 1.10. The van der Waals surface area contributed by atoms with Crippen molar-refractivity contribution in [1.82, 2.24) is 5.32 Å². The van der Waals surface area contributed by atoms with Crippen LogP contribution in [-0.4, -0.2) is 18.2 Å². The fourth-order valence-corrected chi connectivity index (χ4v) is 4.14. The van der Waals surface area contributed by atoms with E-state index in [0.29, 0.717) is 28.2 Å². The van der Waals surface area contributed by atoms with Gasteiger partial charge in [0.15, 0.2) is 16.7 Å². The van der Waals surface area contributed by atoms with Gasteiger partial charge in [-0.3, -0.25) is 4.79 Å². The number of hydrogen-bond acceptors (Lipinski definition) is 5. The van der Waals surface area contributed by atoms with Crippen LogP contribution in [0.4, 0.5) is 5.69 Å². The lowest BCUT2D eigenvalue weighted by molar-refractivity contribution is -0.115. The summed E-state index contributed by atoms with van der Waals surface area (Å²) in [5, 5.41) is 3.42. The van der Waals surface area contributed by atoms with Gasteiger partial charge in [0.05, 0.1) is 17.7 Å². The van der Waals surface area contributed by atoms with Crippen molar-refractivity contribution < 1.29 is 14.3 Å². The molecule has 1 fully saturated rings. The lowest BCUT2D eigenvalue weighted by atomic mass is 10.1. The van der Waals surface area contributed by atoms with E-state index >= 15 is 0 Å². The van der Waals surface area contributed by atoms with E-state index in [0.717, 1.165) is 22.4 Å². The van der Waals surface area contributed by atoms with Crippen LogP contribution < -0.4 is 14.8 Å². The highest BCUT2D eigenvalue weighted by Gasteiger charge is 2.24. The summed E-state index contributed by atoms with van der Waals surface area (Å²) in [4.78, 5) is 17.7. The number of thioether (sulfide) groups is 1. The van der Waals surface area contributed by atoms with Crippen LogP contribution >= 0.6 is 11.8 Å². The predicted molar refractivity (Wildman–Crippen MR) is 130 cm³/mol. The van der Waals surface area contributed by atoms with Crippen LogP contribution in [0.25, 0.3) is 6.08 Å². The van der Waals surface area contributed by atoms with Gasteiger partial charge in [0.25, 0.3) is 5.91 Å². The number of amides is 1. The lowest BCUT2D eigenvalue weighted by Gasteiger charge is -2.11. The normalized spacial score (nSPS) is 15.8. The molecule has 0 aromatic heterocycles. The molecule has 3 aromatic rings. The van der Waals surface area contributed by atoms with E-state index in [1.54, 1.807) is 7.11 Å². The third-order valence-electron chi connectivity index (χ3n) is 4.95. The molecule has 162 valence electrons. The molecule has 3 aromatic carbocycles. The second kappa shape index (κ2) is 9.75. The second-order valence-electron chi connectivity index (χ2n) is 7.46. The molecule has 5 nitrogen and oxygen atoms in total. The van der Waals surface area contributed by atoms with Gasteiger partial charge in [0.2, 0.25) is 0 Å². The Labute approximate surface area is 192 Å². The fourth-order valence-electron chi connectivity index (χ4n) is 3.30. The van der Waals surface area contributed by atoms with Gasteiger partial charge in [-0.2, -0.15) is 0 Å². The maximum absolute atomic E-state index is 12.5. The molecule has 0 radical (unpaired) electrons. The maximum atomic E-state index is 12.5. The summed E-state index contributed by atoms with van der Waals surface area (Å²) >= 11 is 1.33. The Morgan fingerprint density at radius 2 is 1.81 bits per heavy atom. The van der Waals surface area contributed by atoms with Gasteiger partial charge >= 0.3 is 0 Å². The number of carbonyl (C=O) groups is 1. The average Bonchev–Trinajstić information content (AvgIpc) is 3.13. The van der Waals surface area contributed by atoms with E-state index in [1.165, 1.54) is 17.3 Å². The van der Waals surface area contributed by atoms with Crippen molar-refractivity contribution in [2.75, 3.05) is 7.11 Å². The van der Waals surface area contributed by atoms with E-state index in [2.05, 4.69) is 16.4 Å². The standard InChI is InChI=1S/C26H24N2O3S/c1-17-9-11-21(18(2)13-17)27-26-28-25(29)24(32-26)15-20-10-12-22(30-3)23(14-20)31-16-19-7-5-4-6-8-19/h4-15H,16H2,1-3H3,(H,27,28,29). The van der Waals surface area contributed by atoms with Crippen LogP contribution in [0.1, 0.15) is 22.3 Å². The monoisotopic (exact) mass is 444 g/mol. The Kier molecular flexibility index (Phi) is 6.61. The lowest BCUT2D eigenvalue weighted by Crippen LogP contribution is -2.19. The van der Waals surface area contributed by atoms with Gasteiger partial charge in [-0.15, -0.1) is 0 Å². The highest BCUT2D eigenvalue weighted by molar-refractivity contribution is 8.18. The number of nitrogens with zero attached hydrogens (tertiary/aromatic N) is 1. The van der Waals surface area contributed by atoms with Gasteiger partial charge in [-0.25, -0.2) is 4.99 Å². The molecule has 0 atom stereocenters. The van der Waals surface area contributed by atoms with E-state index in [-0.39, 0.29) is 5.91 Å². The highest BCUT2D eigenvalue weighted by Crippen LogP contribution is 2.33. The van der Waals surface area contributed by atoms with Crippen molar-refractivity contribution in [2.24, 2.45) is 4.99 Å². The zero-order valence-electron chi connectivity index (χ0n) is 18.2. The summed E-state index contributed by atoms with van der Waals surface area (Å²) in [6, 6.07) is 21.6. The topological polar surface area (TPSA) is 59.9 Å². The van der Waals surface area contributed by atoms with Gasteiger partial charge in [-0.05, 0) is 66.6 Å². The van der Waals surface area contributed by atoms with Crippen molar-refractivity contribution in [1.29, 1.82) is 0 Å². The van der Waals surface area contributed by atoms with Gasteiger partial charge in [0, 0.05) is 0 Å². The van der Waals surface area contributed by atoms with Crippen LogP contribution in [-0.2, 0) is 11.4 Å². The van der Waals surface area contributed by atoms with E-state index < -0.39 is 0 Å². The Morgan fingerprint density at radius 3 is 2.56 bits per heavy atom. The molecule has 0 unspecified atom stereocenters. The summed E-state index contributed by atoms with van der Waals surface area (Å²) in [7, 11) is 1.61. The number of methoxy groups -OCH3 is 1. The summed E-state index contributed by atoms with van der Waals surface area (Å²) in [5.41, 5.74) is 5.01.